The molecule has 112 valence electrons. The lowest BCUT2D eigenvalue weighted by molar-refractivity contribution is -0.150. The van der Waals surface area contributed by atoms with Crippen LogP contribution < -0.4 is 0 Å². The Morgan fingerprint density at radius 1 is 1.43 bits per heavy atom. The van der Waals surface area contributed by atoms with Crippen LogP contribution in [-0.2, 0) is 11.3 Å². The van der Waals surface area contributed by atoms with Crippen LogP contribution in [0, 0.1) is 5.41 Å². The monoisotopic (exact) mass is 306 g/mol. The van der Waals surface area contributed by atoms with Crippen molar-refractivity contribution in [2.75, 3.05) is 13.1 Å². The minimum absolute atomic E-state index is 0.565. The van der Waals surface area contributed by atoms with Gasteiger partial charge in [-0.1, -0.05) is 17.7 Å². The van der Waals surface area contributed by atoms with Gasteiger partial charge in [0.15, 0.2) is 0 Å². The van der Waals surface area contributed by atoms with E-state index in [1.807, 2.05) is 31.3 Å². The fraction of sp³-hybridized carbons (Fsp3) is 0.438. The third kappa shape index (κ3) is 2.78. The summed E-state index contributed by atoms with van der Waals surface area (Å²) in [5.74, 6) is -0.677. The summed E-state index contributed by atoms with van der Waals surface area (Å²) in [5, 5.41) is 11.2. The van der Waals surface area contributed by atoms with Crippen LogP contribution in [0.1, 0.15) is 25.3 Å². The smallest absolute Gasteiger partial charge is 0.309 e. The number of hydrogen-bond acceptors (Lipinski definition) is 2. The summed E-state index contributed by atoms with van der Waals surface area (Å²) in [4.78, 5) is 16.8. The minimum Gasteiger partial charge on any atom is -0.481 e. The van der Waals surface area contributed by atoms with Crippen LogP contribution >= 0.6 is 11.6 Å². The number of carboxylic acids is 1. The summed E-state index contributed by atoms with van der Waals surface area (Å²) >= 11 is 5.99. The molecule has 2 heterocycles. The first-order valence-corrected chi connectivity index (χ1v) is 7.57. The summed E-state index contributed by atoms with van der Waals surface area (Å²) in [7, 11) is 0. The van der Waals surface area contributed by atoms with Crippen molar-refractivity contribution in [3.05, 3.63) is 35.0 Å². The Kier molecular flexibility index (Phi) is 3.68. The highest BCUT2D eigenvalue weighted by atomic mass is 35.5. The number of carboxylic acid groups (broad SMARTS) is 1. The van der Waals surface area contributed by atoms with Gasteiger partial charge in [-0.05, 0) is 50.6 Å². The fourth-order valence-corrected chi connectivity index (χ4v) is 3.12. The Labute approximate surface area is 128 Å². The molecule has 0 aliphatic carbocycles. The highest BCUT2D eigenvalue weighted by molar-refractivity contribution is 6.31. The van der Waals surface area contributed by atoms with Crippen molar-refractivity contribution < 1.29 is 9.90 Å². The lowest BCUT2D eigenvalue weighted by Crippen LogP contribution is -2.42. The first kappa shape index (κ1) is 14.4. The fourth-order valence-electron chi connectivity index (χ4n) is 2.95. The Morgan fingerprint density at radius 2 is 2.14 bits per heavy atom. The number of likely N-dealkylation sites (tertiary alicyclic amines) is 1. The van der Waals surface area contributed by atoms with E-state index in [0.717, 1.165) is 30.2 Å². The molecule has 2 N–H and O–H groups in total. The number of aliphatic carboxylic acids is 1. The molecule has 0 spiro atoms. The first-order valence-electron chi connectivity index (χ1n) is 7.19. The molecular formula is C16H19ClN2O2. The van der Waals surface area contributed by atoms with Crippen molar-refractivity contribution in [3.8, 4) is 0 Å². The third-order valence-electron chi connectivity index (χ3n) is 4.60. The number of halogens is 1. The van der Waals surface area contributed by atoms with Gasteiger partial charge in [-0.25, -0.2) is 0 Å². The maximum Gasteiger partial charge on any atom is 0.309 e. The number of nitrogens with zero attached hydrogens (tertiary/aromatic N) is 1. The number of fused-ring (bicyclic) bond motifs is 1. The molecule has 3 rings (SSSR count). The van der Waals surface area contributed by atoms with Gasteiger partial charge in [-0.15, -0.1) is 0 Å². The van der Waals surface area contributed by atoms with Crippen LogP contribution in [0.3, 0.4) is 0 Å². The average molecular weight is 307 g/mol. The second kappa shape index (κ2) is 5.35. The zero-order valence-electron chi connectivity index (χ0n) is 12.0. The first-order chi connectivity index (χ1) is 9.98. The Balaban J connectivity index is 1.71. The van der Waals surface area contributed by atoms with Crippen molar-refractivity contribution in [1.29, 1.82) is 0 Å². The topological polar surface area (TPSA) is 56.3 Å². The molecule has 21 heavy (non-hydrogen) atoms. The number of nitrogens with one attached hydrogen (secondary N) is 1. The van der Waals surface area contributed by atoms with E-state index in [0.29, 0.717) is 12.8 Å². The SMILES string of the molecule is CC1(C(=O)O)CCN(Cc2c[nH]c3cc(Cl)ccc23)CC1. The van der Waals surface area contributed by atoms with Gasteiger partial charge in [0.1, 0.15) is 0 Å². The highest BCUT2D eigenvalue weighted by Crippen LogP contribution is 2.32. The van der Waals surface area contributed by atoms with E-state index in [4.69, 9.17) is 11.6 Å². The number of aromatic nitrogens is 1. The van der Waals surface area contributed by atoms with Crippen LogP contribution in [0.5, 0.6) is 0 Å². The van der Waals surface area contributed by atoms with Crippen LogP contribution in [0.15, 0.2) is 24.4 Å². The maximum absolute atomic E-state index is 11.3. The number of carbonyl (C=O) groups is 1. The molecule has 5 heteroatoms. The molecule has 0 atom stereocenters. The molecule has 1 fully saturated rings. The Bertz CT molecular complexity index is 672. The molecule has 0 unspecified atom stereocenters. The van der Waals surface area contributed by atoms with Crippen LogP contribution in [0.4, 0.5) is 0 Å². The van der Waals surface area contributed by atoms with Crippen LogP contribution in [0.2, 0.25) is 5.02 Å². The molecule has 0 radical (unpaired) electrons. The predicted molar refractivity (Wildman–Crippen MR) is 83.6 cm³/mol. The molecule has 0 bridgehead atoms. The maximum atomic E-state index is 11.3. The number of benzene rings is 1. The van der Waals surface area contributed by atoms with Gasteiger partial charge in [-0.2, -0.15) is 0 Å². The van der Waals surface area contributed by atoms with E-state index in [1.54, 1.807) is 0 Å². The van der Waals surface area contributed by atoms with Crippen molar-refractivity contribution in [2.24, 2.45) is 5.41 Å². The highest BCUT2D eigenvalue weighted by Gasteiger charge is 2.36. The Morgan fingerprint density at radius 3 is 2.81 bits per heavy atom. The third-order valence-corrected chi connectivity index (χ3v) is 4.83. The molecule has 0 saturated carbocycles. The van der Waals surface area contributed by atoms with Crippen LogP contribution in [-0.4, -0.2) is 34.0 Å². The zero-order chi connectivity index (χ0) is 15.0. The minimum atomic E-state index is -0.677. The second-order valence-electron chi connectivity index (χ2n) is 6.15. The number of piperidine rings is 1. The van der Waals surface area contributed by atoms with Gasteiger partial charge in [-0.3, -0.25) is 9.69 Å². The van der Waals surface area contributed by atoms with Crippen molar-refractivity contribution in [2.45, 2.75) is 26.3 Å². The summed E-state index contributed by atoms with van der Waals surface area (Å²) in [6, 6.07) is 5.87. The molecule has 1 aromatic carbocycles. The summed E-state index contributed by atoms with van der Waals surface area (Å²) in [5.41, 5.74) is 1.72. The van der Waals surface area contributed by atoms with Gasteiger partial charge in [0.2, 0.25) is 0 Å². The molecule has 1 aromatic heterocycles. The molecular weight excluding hydrogens is 288 g/mol. The van der Waals surface area contributed by atoms with Gasteiger partial charge >= 0.3 is 5.97 Å². The quantitative estimate of drug-likeness (QED) is 0.912. The largest absolute Gasteiger partial charge is 0.481 e. The van der Waals surface area contributed by atoms with E-state index >= 15 is 0 Å². The lowest BCUT2D eigenvalue weighted by Gasteiger charge is -2.36. The predicted octanol–water partition coefficient (Wildman–Crippen LogP) is 3.51. The molecule has 0 amide bonds. The van der Waals surface area contributed by atoms with Crippen molar-refractivity contribution in [3.63, 3.8) is 0 Å². The van der Waals surface area contributed by atoms with E-state index < -0.39 is 11.4 Å². The van der Waals surface area contributed by atoms with Crippen molar-refractivity contribution in [1.82, 2.24) is 9.88 Å². The van der Waals surface area contributed by atoms with Crippen LogP contribution in [0.25, 0.3) is 10.9 Å². The van der Waals surface area contributed by atoms with E-state index in [-0.39, 0.29) is 0 Å². The lowest BCUT2D eigenvalue weighted by atomic mass is 9.80. The molecule has 1 aliphatic rings. The van der Waals surface area contributed by atoms with E-state index in [9.17, 15) is 9.90 Å². The summed E-state index contributed by atoms with van der Waals surface area (Å²) < 4.78 is 0. The van der Waals surface area contributed by atoms with Gasteiger partial charge in [0, 0.05) is 28.7 Å². The molecule has 4 nitrogen and oxygen atoms in total. The van der Waals surface area contributed by atoms with E-state index in [1.165, 1.54) is 10.9 Å². The standard InChI is InChI=1S/C16H19ClN2O2/c1-16(15(20)21)4-6-19(7-5-16)10-11-9-18-14-8-12(17)2-3-13(11)14/h2-3,8-9,18H,4-7,10H2,1H3,(H,20,21). The molecule has 2 aromatic rings. The second-order valence-corrected chi connectivity index (χ2v) is 6.58. The molecule has 1 saturated heterocycles. The van der Waals surface area contributed by atoms with Gasteiger partial charge in [0.25, 0.3) is 0 Å². The molecule has 1 aliphatic heterocycles. The summed E-state index contributed by atoms with van der Waals surface area (Å²) in [6.45, 7) is 4.34. The number of rotatable bonds is 3. The van der Waals surface area contributed by atoms with Crippen molar-refractivity contribution >= 4 is 28.5 Å². The van der Waals surface area contributed by atoms with E-state index in [2.05, 4.69) is 9.88 Å². The normalized spacial score (nSPS) is 19.0. The summed E-state index contributed by atoms with van der Waals surface area (Å²) in [6.07, 6.45) is 3.43. The number of aromatic amines is 1. The number of hydrogen-bond donors (Lipinski definition) is 2. The van der Waals surface area contributed by atoms with Gasteiger partial charge in [0.05, 0.1) is 5.41 Å². The zero-order valence-corrected chi connectivity index (χ0v) is 12.8. The van der Waals surface area contributed by atoms with Gasteiger partial charge < -0.3 is 10.1 Å². The number of H-pyrrole nitrogens is 1. The Hall–Kier alpha value is -1.52. The average Bonchev–Trinajstić information content (AvgIpc) is 2.83.